The Hall–Kier alpha value is -2.41. The molecular formula is C14H12F3N3O. The molecule has 0 bridgehead atoms. The van der Waals surface area contributed by atoms with Gasteiger partial charge in [-0.15, -0.1) is 0 Å². The van der Waals surface area contributed by atoms with Crippen LogP contribution in [0.25, 0.3) is 0 Å². The molecule has 2 rings (SSSR count). The number of hydrogen-bond donors (Lipinski definition) is 2. The van der Waals surface area contributed by atoms with E-state index in [4.69, 9.17) is 5.73 Å². The van der Waals surface area contributed by atoms with Gasteiger partial charge in [-0.25, -0.2) is 0 Å². The lowest BCUT2D eigenvalue weighted by molar-refractivity contribution is -0.137. The fourth-order valence-corrected chi connectivity index (χ4v) is 1.67. The molecule has 21 heavy (non-hydrogen) atoms. The van der Waals surface area contributed by atoms with E-state index in [0.29, 0.717) is 18.4 Å². The Morgan fingerprint density at radius 3 is 2.57 bits per heavy atom. The number of anilines is 1. The molecule has 2 aromatic rings. The van der Waals surface area contributed by atoms with Crippen molar-refractivity contribution in [2.24, 2.45) is 5.73 Å². The molecule has 0 fully saturated rings. The molecular weight excluding hydrogens is 283 g/mol. The Bertz CT molecular complexity index is 639. The van der Waals surface area contributed by atoms with Crippen molar-refractivity contribution >= 4 is 11.6 Å². The maximum Gasteiger partial charge on any atom is 0.417 e. The second-order valence-corrected chi connectivity index (χ2v) is 4.29. The van der Waals surface area contributed by atoms with E-state index in [-0.39, 0.29) is 5.69 Å². The van der Waals surface area contributed by atoms with Crippen LogP contribution < -0.4 is 11.1 Å². The SMILES string of the molecule is NCc1cccc(NC(=O)c2ccc(C(F)(F)F)cn2)c1. The van der Waals surface area contributed by atoms with Crippen LogP contribution in [-0.4, -0.2) is 10.9 Å². The molecule has 1 heterocycles. The number of pyridine rings is 1. The molecule has 0 saturated heterocycles. The van der Waals surface area contributed by atoms with E-state index in [9.17, 15) is 18.0 Å². The van der Waals surface area contributed by atoms with Gasteiger partial charge in [-0.05, 0) is 29.8 Å². The summed E-state index contributed by atoms with van der Waals surface area (Å²) in [6.45, 7) is 0.322. The van der Waals surface area contributed by atoms with Crippen LogP contribution in [0.1, 0.15) is 21.6 Å². The largest absolute Gasteiger partial charge is 0.417 e. The fourth-order valence-electron chi connectivity index (χ4n) is 1.67. The number of amides is 1. The van der Waals surface area contributed by atoms with E-state index >= 15 is 0 Å². The Morgan fingerprint density at radius 2 is 2.00 bits per heavy atom. The number of benzene rings is 1. The van der Waals surface area contributed by atoms with Gasteiger partial charge in [0.15, 0.2) is 0 Å². The normalized spacial score (nSPS) is 11.2. The number of hydrogen-bond acceptors (Lipinski definition) is 3. The van der Waals surface area contributed by atoms with Crippen LogP contribution in [0, 0.1) is 0 Å². The van der Waals surface area contributed by atoms with E-state index in [0.717, 1.165) is 17.7 Å². The van der Waals surface area contributed by atoms with Crippen LogP contribution in [0.2, 0.25) is 0 Å². The number of halogens is 3. The van der Waals surface area contributed by atoms with Gasteiger partial charge in [-0.1, -0.05) is 12.1 Å². The minimum Gasteiger partial charge on any atom is -0.326 e. The van der Waals surface area contributed by atoms with Crippen LogP contribution in [0.3, 0.4) is 0 Å². The maximum absolute atomic E-state index is 12.4. The molecule has 3 N–H and O–H groups in total. The maximum atomic E-state index is 12.4. The van der Waals surface area contributed by atoms with Gasteiger partial charge >= 0.3 is 6.18 Å². The summed E-state index contributed by atoms with van der Waals surface area (Å²) < 4.78 is 37.2. The molecule has 0 aliphatic rings. The first kappa shape index (κ1) is 15.0. The standard InChI is InChI=1S/C14H12F3N3O/c15-14(16,17)10-4-5-12(19-8-10)13(21)20-11-3-1-2-9(6-11)7-18/h1-6,8H,7,18H2,(H,20,21). The third kappa shape index (κ3) is 3.79. The summed E-state index contributed by atoms with van der Waals surface area (Å²) >= 11 is 0. The van der Waals surface area contributed by atoms with Gasteiger partial charge in [0.25, 0.3) is 5.91 Å². The highest BCUT2D eigenvalue weighted by Gasteiger charge is 2.30. The zero-order chi connectivity index (χ0) is 15.5. The van der Waals surface area contributed by atoms with Crippen LogP contribution >= 0.6 is 0 Å². The number of nitrogens with one attached hydrogen (secondary N) is 1. The highest BCUT2D eigenvalue weighted by molar-refractivity contribution is 6.02. The lowest BCUT2D eigenvalue weighted by atomic mass is 10.2. The van der Waals surface area contributed by atoms with Crippen molar-refractivity contribution < 1.29 is 18.0 Å². The topological polar surface area (TPSA) is 68.0 Å². The number of carbonyl (C=O) groups excluding carboxylic acids is 1. The van der Waals surface area contributed by atoms with Crippen molar-refractivity contribution in [2.75, 3.05) is 5.32 Å². The minimum absolute atomic E-state index is 0.0962. The smallest absolute Gasteiger partial charge is 0.326 e. The van der Waals surface area contributed by atoms with Gasteiger partial charge in [0.1, 0.15) is 5.69 Å². The summed E-state index contributed by atoms with van der Waals surface area (Å²) in [5, 5.41) is 2.55. The molecule has 0 spiro atoms. The van der Waals surface area contributed by atoms with Crippen LogP contribution in [0.4, 0.5) is 18.9 Å². The zero-order valence-corrected chi connectivity index (χ0v) is 10.8. The fraction of sp³-hybridized carbons (Fsp3) is 0.143. The van der Waals surface area contributed by atoms with Gasteiger partial charge in [0.2, 0.25) is 0 Å². The Balaban J connectivity index is 2.13. The summed E-state index contributed by atoms with van der Waals surface area (Å²) in [6.07, 6.45) is -3.84. The molecule has 4 nitrogen and oxygen atoms in total. The summed E-state index contributed by atoms with van der Waals surface area (Å²) in [5.41, 5.74) is 5.82. The predicted molar refractivity (Wildman–Crippen MR) is 71.5 cm³/mol. The highest BCUT2D eigenvalue weighted by Crippen LogP contribution is 2.28. The molecule has 7 heteroatoms. The van der Waals surface area contributed by atoms with Crippen molar-refractivity contribution in [3.05, 3.63) is 59.4 Å². The molecule has 0 unspecified atom stereocenters. The Kier molecular flexibility index (Phi) is 4.23. The third-order valence-corrected chi connectivity index (χ3v) is 2.74. The van der Waals surface area contributed by atoms with Crippen LogP contribution in [0.5, 0.6) is 0 Å². The molecule has 0 aliphatic carbocycles. The summed E-state index contributed by atoms with van der Waals surface area (Å²) in [4.78, 5) is 15.4. The summed E-state index contributed by atoms with van der Waals surface area (Å²) in [6, 6.07) is 8.70. The van der Waals surface area contributed by atoms with Gasteiger partial charge in [0.05, 0.1) is 5.56 Å². The average molecular weight is 295 g/mol. The quantitative estimate of drug-likeness (QED) is 0.915. The van der Waals surface area contributed by atoms with E-state index in [1.54, 1.807) is 24.3 Å². The first-order valence-corrected chi connectivity index (χ1v) is 6.04. The van der Waals surface area contributed by atoms with Crippen molar-refractivity contribution in [1.29, 1.82) is 0 Å². The number of alkyl halides is 3. The number of carbonyl (C=O) groups is 1. The van der Waals surface area contributed by atoms with Crippen molar-refractivity contribution in [3.63, 3.8) is 0 Å². The summed E-state index contributed by atoms with van der Waals surface area (Å²) in [5.74, 6) is -0.585. The molecule has 1 amide bonds. The number of nitrogens with zero attached hydrogens (tertiary/aromatic N) is 1. The second-order valence-electron chi connectivity index (χ2n) is 4.29. The van der Waals surface area contributed by atoms with Crippen LogP contribution in [0.15, 0.2) is 42.6 Å². The molecule has 1 aromatic carbocycles. The van der Waals surface area contributed by atoms with E-state index < -0.39 is 17.6 Å². The first-order valence-electron chi connectivity index (χ1n) is 6.04. The molecule has 110 valence electrons. The zero-order valence-electron chi connectivity index (χ0n) is 10.8. The minimum atomic E-state index is -4.47. The van der Waals surface area contributed by atoms with Crippen molar-refractivity contribution in [1.82, 2.24) is 4.98 Å². The summed E-state index contributed by atoms with van der Waals surface area (Å²) in [7, 11) is 0. The highest BCUT2D eigenvalue weighted by atomic mass is 19.4. The van der Waals surface area contributed by atoms with Gasteiger partial charge in [-0.3, -0.25) is 9.78 Å². The van der Waals surface area contributed by atoms with Crippen LogP contribution in [-0.2, 0) is 12.7 Å². The lowest BCUT2D eigenvalue weighted by Crippen LogP contribution is -2.15. The van der Waals surface area contributed by atoms with Crippen molar-refractivity contribution in [2.45, 2.75) is 12.7 Å². The van der Waals surface area contributed by atoms with E-state index in [1.165, 1.54) is 0 Å². The van der Waals surface area contributed by atoms with Crippen molar-refractivity contribution in [3.8, 4) is 0 Å². The van der Waals surface area contributed by atoms with Gasteiger partial charge in [0, 0.05) is 18.4 Å². The average Bonchev–Trinajstić information content (AvgIpc) is 2.46. The van der Waals surface area contributed by atoms with Gasteiger partial charge in [-0.2, -0.15) is 13.2 Å². The second kappa shape index (κ2) is 5.92. The Morgan fingerprint density at radius 1 is 1.24 bits per heavy atom. The molecule has 1 aromatic heterocycles. The predicted octanol–water partition coefficient (Wildman–Crippen LogP) is 2.81. The Labute approximate surface area is 118 Å². The third-order valence-electron chi connectivity index (χ3n) is 2.74. The molecule has 0 saturated carbocycles. The lowest BCUT2D eigenvalue weighted by Gasteiger charge is -2.08. The van der Waals surface area contributed by atoms with E-state index in [1.807, 2.05) is 0 Å². The molecule has 0 aliphatic heterocycles. The number of rotatable bonds is 3. The number of aromatic nitrogens is 1. The van der Waals surface area contributed by atoms with E-state index in [2.05, 4.69) is 10.3 Å². The molecule has 0 radical (unpaired) electrons. The first-order chi connectivity index (χ1) is 9.90. The monoisotopic (exact) mass is 295 g/mol. The number of nitrogens with two attached hydrogens (primary N) is 1. The molecule has 0 atom stereocenters. The van der Waals surface area contributed by atoms with Gasteiger partial charge < -0.3 is 11.1 Å².